The molecule has 2 aromatic rings. The van der Waals surface area contributed by atoms with Crippen LogP contribution in [0.4, 0.5) is 5.69 Å². The maximum absolute atomic E-state index is 12.5. The van der Waals surface area contributed by atoms with E-state index in [4.69, 9.17) is 14.2 Å². The molecule has 0 fully saturated rings. The van der Waals surface area contributed by atoms with Gasteiger partial charge < -0.3 is 24.4 Å². The molecule has 0 amide bonds. The van der Waals surface area contributed by atoms with E-state index in [0.29, 0.717) is 22.8 Å². The zero-order chi connectivity index (χ0) is 20.5. The van der Waals surface area contributed by atoms with Crippen molar-refractivity contribution in [3.05, 3.63) is 53.6 Å². The van der Waals surface area contributed by atoms with E-state index in [-0.39, 0.29) is 5.78 Å². The van der Waals surface area contributed by atoms with Gasteiger partial charge in [0.05, 0.1) is 21.3 Å². The van der Waals surface area contributed by atoms with E-state index in [1.807, 2.05) is 44.4 Å². The second-order valence-electron chi connectivity index (χ2n) is 6.43. The highest BCUT2D eigenvalue weighted by Crippen LogP contribution is 2.40. The van der Waals surface area contributed by atoms with Gasteiger partial charge in [-0.3, -0.25) is 4.79 Å². The average Bonchev–Trinajstić information content (AvgIpc) is 2.71. The number of benzene rings is 2. The lowest BCUT2D eigenvalue weighted by atomic mass is 10.1. The topological polar surface area (TPSA) is 60.0 Å². The van der Waals surface area contributed by atoms with Gasteiger partial charge in [-0.25, -0.2) is 0 Å². The molecule has 28 heavy (non-hydrogen) atoms. The molecular weight excluding hydrogens is 356 g/mol. The Morgan fingerprint density at radius 1 is 0.964 bits per heavy atom. The lowest BCUT2D eigenvalue weighted by Crippen LogP contribution is -2.20. The Kier molecular flexibility index (Phi) is 7.89. The van der Waals surface area contributed by atoms with Crippen LogP contribution in [-0.4, -0.2) is 59.2 Å². The minimum Gasteiger partial charge on any atom is -0.493 e. The van der Waals surface area contributed by atoms with E-state index in [1.165, 1.54) is 6.08 Å². The van der Waals surface area contributed by atoms with Gasteiger partial charge in [0, 0.05) is 29.9 Å². The molecule has 0 unspecified atom stereocenters. The van der Waals surface area contributed by atoms with Crippen molar-refractivity contribution >= 4 is 17.5 Å². The number of hydrogen-bond donors (Lipinski definition) is 1. The molecule has 0 atom stereocenters. The van der Waals surface area contributed by atoms with Crippen molar-refractivity contribution in [2.45, 2.75) is 0 Å². The lowest BCUT2D eigenvalue weighted by Gasteiger charge is -2.14. The molecule has 6 heteroatoms. The fourth-order valence-electron chi connectivity index (χ4n) is 2.69. The molecule has 0 aromatic heterocycles. The monoisotopic (exact) mass is 384 g/mol. The van der Waals surface area contributed by atoms with Crippen LogP contribution in [0.25, 0.3) is 6.08 Å². The smallest absolute Gasteiger partial charge is 0.203 e. The summed E-state index contributed by atoms with van der Waals surface area (Å²) in [4.78, 5) is 14.6. The Bertz CT molecular complexity index is 814. The quantitative estimate of drug-likeness (QED) is 0.499. The van der Waals surface area contributed by atoms with Gasteiger partial charge >= 0.3 is 0 Å². The van der Waals surface area contributed by atoms with E-state index in [1.54, 1.807) is 33.5 Å². The number of rotatable bonds is 10. The van der Waals surface area contributed by atoms with Crippen LogP contribution in [0.3, 0.4) is 0 Å². The molecule has 0 saturated carbocycles. The van der Waals surface area contributed by atoms with E-state index in [0.717, 1.165) is 24.3 Å². The molecule has 150 valence electrons. The third-order valence-corrected chi connectivity index (χ3v) is 4.21. The van der Waals surface area contributed by atoms with Gasteiger partial charge in [0.1, 0.15) is 0 Å². The minimum absolute atomic E-state index is 0.0864. The summed E-state index contributed by atoms with van der Waals surface area (Å²) >= 11 is 0. The van der Waals surface area contributed by atoms with Crippen molar-refractivity contribution in [2.75, 3.05) is 53.8 Å². The highest BCUT2D eigenvalue weighted by atomic mass is 16.5. The molecular formula is C22H28N2O4. The zero-order valence-corrected chi connectivity index (χ0v) is 17.1. The van der Waals surface area contributed by atoms with Gasteiger partial charge in [-0.15, -0.1) is 0 Å². The zero-order valence-electron chi connectivity index (χ0n) is 17.1. The Labute approximate surface area is 166 Å². The Balaban J connectivity index is 2.11. The molecule has 0 aliphatic heterocycles. The van der Waals surface area contributed by atoms with Crippen molar-refractivity contribution in [1.29, 1.82) is 0 Å². The Morgan fingerprint density at radius 2 is 1.64 bits per heavy atom. The van der Waals surface area contributed by atoms with Crippen LogP contribution in [0.5, 0.6) is 17.2 Å². The number of anilines is 1. The number of ether oxygens (including phenoxy) is 3. The van der Waals surface area contributed by atoms with Crippen LogP contribution in [0.1, 0.15) is 15.9 Å². The fraction of sp³-hybridized carbons (Fsp3) is 0.318. The number of ketones is 1. The lowest BCUT2D eigenvalue weighted by molar-refractivity contribution is 0.104. The molecule has 6 nitrogen and oxygen atoms in total. The van der Waals surface area contributed by atoms with Crippen molar-refractivity contribution in [2.24, 2.45) is 0 Å². The minimum atomic E-state index is -0.0864. The van der Waals surface area contributed by atoms with E-state index < -0.39 is 0 Å². The maximum atomic E-state index is 12.5. The first-order valence-electron chi connectivity index (χ1n) is 9.00. The molecule has 0 spiro atoms. The van der Waals surface area contributed by atoms with Gasteiger partial charge in [-0.2, -0.15) is 0 Å². The Hall–Kier alpha value is -2.99. The van der Waals surface area contributed by atoms with Crippen LogP contribution < -0.4 is 19.5 Å². The van der Waals surface area contributed by atoms with Crippen LogP contribution in [0, 0.1) is 0 Å². The van der Waals surface area contributed by atoms with E-state index >= 15 is 0 Å². The van der Waals surface area contributed by atoms with Crippen molar-refractivity contribution < 1.29 is 19.0 Å². The summed E-state index contributed by atoms with van der Waals surface area (Å²) in [6.07, 6.45) is 3.24. The summed E-state index contributed by atoms with van der Waals surface area (Å²) in [5.41, 5.74) is 2.34. The van der Waals surface area contributed by atoms with Crippen molar-refractivity contribution in [3.8, 4) is 17.2 Å². The van der Waals surface area contributed by atoms with Crippen molar-refractivity contribution in [3.63, 3.8) is 0 Å². The maximum Gasteiger partial charge on any atom is 0.203 e. The summed E-state index contributed by atoms with van der Waals surface area (Å²) in [5, 5.41) is 3.33. The van der Waals surface area contributed by atoms with Gasteiger partial charge in [-0.05, 0) is 62.6 Å². The second kappa shape index (κ2) is 10.4. The molecule has 0 aliphatic carbocycles. The number of allylic oxidation sites excluding steroid dienone is 1. The first-order valence-corrected chi connectivity index (χ1v) is 9.00. The predicted octanol–water partition coefficient (Wildman–Crippen LogP) is 3.58. The molecule has 1 N–H and O–H groups in total. The largest absolute Gasteiger partial charge is 0.493 e. The summed E-state index contributed by atoms with van der Waals surface area (Å²) in [5.74, 6) is 1.50. The van der Waals surface area contributed by atoms with Gasteiger partial charge in [-0.1, -0.05) is 0 Å². The molecule has 0 saturated heterocycles. The van der Waals surface area contributed by atoms with E-state index in [9.17, 15) is 4.79 Å². The first-order chi connectivity index (χ1) is 13.5. The Morgan fingerprint density at radius 3 is 2.21 bits per heavy atom. The highest BCUT2D eigenvalue weighted by Gasteiger charge is 2.14. The molecule has 0 heterocycles. The highest BCUT2D eigenvalue weighted by molar-refractivity contribution is 6.07. The van der Waals surface area contributed by atoms with Crippen LogP contribution in [-0.2, 0) is 0 Å². The number of nitrogens with one attached hydrogen (secondary N) is 1. The number of hydrogen-bond acceptors (Lipinski definition) is 6. The van der Waals surface area contributed by atoms with Crippen LogP contribution in [0.2, 0.25) is 0 Å². The molecule has 0 bridgehead atoms. The fourth-order valence-corrected chi connectivity index (χ4v) is 2.69. The predicted molar refractivity (Wildman–Crippen MR) is 113 cm³/mol. The summed E-state index contributed by atoms with van der Waals surface area (Å²) in [6, 6.07) is 11.1. The number of methoxy groups -OCH3 is 3. The third kappa shape index (κ3) is 5.50. The van der Waals surface area contributed by atoms with Crippen LogP contribution >= 0.6 is 0 Å². The average molecular weight is 384 g/mol. The number of likely N-dealkylation sites (N-methyl/N-ethyl adjacent to an activating group) is 1. The molecule has 0 aliphatic rings. The number of nitrogens with zero attached hydrogens (tertiary/aromatic N) is 1. The summed E-state index contributed by atoms with van der Waals surface area (Å²) < 4.78 is 16.1. The first kappa shape index (κ1) is 21.3. The molecule has 0 radical (unpaired) electrons. The summed E-state index contributed by atoms with van der Waals surface area (Å²) in [6.45, 7) is 1.79. The number of carbonyl (C=O) groups excluding carboxylic acids is 1. The van der Waals surface area contributed by atoms with Gasteiger partial charge in [0.2, 0.25) is 5.75 Å². The van der Waals surface area contributed by atoms with Crippen molar-refractivity contribution in [1.82, 2.24) is 4.90 Å². The second-order valence-corrected chi connectivity index (χ2v) is 6.43. The van der Waals surface area contributed by atoms with Gasteiger partial charge in [0.25, 0.3) is 0 Å². The molecule has 2 rings (SSSR count). The standard InChI is InChI=1S/C22H28N2O4/c1-24(2)15-14-23-18-10-6-16(7-11-18)19(25)12-8-17-9-13-20(26-3)22(28-5)21(17)27-4/h6-13,23H,14-15H2,1-5H3/b12-8+. The SMILES string of the molecule is COc1ccc(/C=C/C(=O)c2ccc(NCCN(C)C)cc2)c(OC)c1OC. The third-order valence-electron chi connectivity index (χ3n) is 4.21. The summed E-state index contributed by atoms with van der Waals surface area (Å²) in [7, 11) is 8.73. The van der Waals surface area contributed by atoms with E-state index in [2.05, 4.69) is 10.2 Å². The van der Waals surface area contributed by atoms with Gasteiger partial charge in [0.15, 0.2) is 17.3 Å². The normalized spacial score (nSPS) is 10.9. The molecule has 2 aromatic carbocycles. The van der Waals surface area contributed by atoms with Crippen LogP contribution in [0.15, 0.2) is 42.5 Å². The number of carbonyl (C=O) groups is 1.